The summed E-state index contributed by atoms with van der Waals surface area (Å²) in [6.45, 7) is 4.76. The quantitative estimate of drug-likeness (QED) is 0.812. The third-order valence-corrected chi connectivity index (χ3v) is 5.70. The molecule has 2 aliphatic rings. The first-order valence-electron chi connectivity index (χ1n) is 7.27. The van der Waals surface area contributed by atoms with Crippen LogP contribution in [0.5, 0.6) is 0 Å². The van der Waals surface area contributed by atoms with Gasteiger partial charge in [-0.25, -0.2) is 12.7 Å². The van der Waals surface area contributed by atoms with Gasteiger partial charge in [-0.1, -0.05) is 0 Å². The first kappa shape index (κ1) is 15.2. The Morgan fingerprint density at radius 1 is 1.11 bits per heavy atom. The lowest BCUT2D eigenvalue weighted by atomic mass is 9.94. The lowest BCUT2D eigenvalue weighted by Crippen LogP contribution is -2.45. The summed E-state index contributed by atoms with van der Waals surface area (Å²) >= 11 is 0. The van der Waals surface area contributed by atoms with Crippen LogP contribution >= 0.6 is 0 Å². The number of nitrogens with zero attached hydrogens (tertiary/aromatic N) is 2. The van der Waals surface area contributed by atoms with Gasteiger partial charge in [-0.05, 0) is 50.6 Å². The van der Waals surface area contributed by atoms with Crippen molar-refractivity contribution < 1.29 is 13.5 Å². The fourth-order valence-corrected chi connectivity index (χ4v) is 4.14. The molecule has 19 heavy (non-hydrogen) atoms. The number of aliphatic hydroxyl groups excluding tert-OH is 1. The molecule has 0 radical (unpaired) electrons. The highest BCUT2D eigenvalue weighted by atomic mass is 32.2. The minimum Gasteiger partial charge on any atom is -0.396 e. The second-order valence-electron chi connectivity index (χ2n) is 6.06. The normalized spacial score (nSPS) is 28.6. The molecule has 2 fully saturated rings. The highest BCUT2D eigenvalue weighted by Crippen LogP contribution is 2.22. The van der Waals surface area contributed by atoms with E-state index in [9.17, 15) is 8.42 Å². The van der Waals surface area contributed by atoms with E-state index in [4.69, 9.17) is 5.11 Å². The molecule has 112 valence electrons. The summed E-state index contributed by atoms with van der Waals surface area (Å²) in [5.41, 5.74) is 0. The van der Waals surface area contributed by atoms with Crippen LogP contribution in [0.4, 0.5) is 0 Å². The average Bonchev–Trinajstić information content (AvgIpc) is 2.39. The molecule has 1 atom stereocenters. The molecule has 1 unspecified atom stereocenters. The maximum atomic E-state index is 11.6. The lowest BCUT2D eigenvalue weighted by Gasteiger charge is -2.37. The van der Waals surface area contributed by atoms with Crippen LogP contribution in [0.1, 0.15) is 25.7 Å². The number of rotatable bonds is 4. The first-order chi connectivity index (χ1) is 8.99. The minimum absolute atomic E-state index is 0.305. The summed E-state index contributed by atoms with van der Waals surface area (Å²) in [4.78, 5) is 2.43. The van der Waals surface area contributed by atoms with Gasteiger partial charge >= 0.3 is 0 Å². The number of sulfonamides is 1. The molecule has 0 aliphatic carbocycles. The van der Waals surface area contributed by atoms with Gasteiger partial charge < -0.3 is 10.0 Å². The molecular weight excluding hydrogens is 264 g/mol. The van der Waals surface area contributed by atoms with Crippen molar-refractivity contribution in [1.29, 1.82) is 0 Å². The highest BCUT2D eigenvalue weighted by molar-refractivity contribution is 7.88. The lowest BCUT2D eigenvalue weighted by molar-refractivity contribution is 0.107. The van der Waals surface area contributed by atoms with E-state index in [0.29, 0.717) is 31.5 Å². The number of likely N-dealkylation sites (tertiary alicyclic amines) is 1. The van der Waals surface area contributed by atoms with E-state index < -0.39 is 10.0 Å². The van der Waals surface area contributed by atoms with Crippen molar-refractivity contribution in [1.82, 2.24) is 9.21 Å². The van der Waals surface area contributed by atoms with Crippen molar-refractivity contribution in [2.45, 2.75) is 25.7 Å². The fraction of sp³-hybridized carbons (Fsp3) is 1.00. The molecule has 1 N–H and O–H groups in total. The molecule has 0 aromatic carbocycles. The van der Waals surface area contributed by atoms with E-state index in [1.165, 1.54) is 6.26 Å². The van der Waals surface area contributed by atoms with Crippen LogP contribution in [-0.4, -0.2) is 68.3 Å². The van der Waals surface area contributed by atoms with Crippen LogP contribution in [0, 0.1) is 11.8 Å². The molecule has 2 aliphatic heterocycles. The van der Waals surface area contributed by atoms with E-state index in [1.54, 1.807) is 4.31 Å². The van der Waals surface area contributed by atoms with Gasteiger partial charge in [0.1, 0.15) is 0 Å². The van der Waals surface area contributed by atoms with E-state index in [-0.39, 0.29) is 0 Å². The molecule has 2 heterocycles. The fourth-order valence-electron chi connectivity index (χ4n) is 3.19. The Balaban J connectivity index is 1.80. The molecule has 0 aromatic heterocycles. The largest absolute Gasteiger partial charge is 0.396 e. The van der Waals surface area contributed by atoms with E-state index >= 15 is 0 Å². The zero-order valence-electron chi connectivity index (χ0n) is 11.8. The van der Waals surface area contributed by atoms with Crippen LogP contribution in [0.3, 0.4) is 0 Å². The maximum Gasteiger partial charge on any atom is 0.211 e. The van der Waals surface area contributed by atoms with E-state index in [1.807, 2.05) is 0 Å². The topological polar surface area (TPSA) is 60.9 Å². The van der Waals surface area contributed by atoms with Crippen LogP contribution in [0.2, 0.25) is 0 Å². The predicted molar refractivity (Wildman–Crippen MR) is 75.4 cm³/mol. The van der Waals surface area contributed by atoms with E-state index in [0.717, 1.165) is 45.3 Å². The smallest absolute Gasteiger partial charge is 0.211 e. The van der Waals surface area contributed by atoms with Crippen molar-refractivity contribution in [3.63, 3.8) is 0 Å². The summed E-state index contributed by atoms with van der Waals surface area (Å²) < 4.78 is 24.8. The first-order valence-corrected chi connectivity index (χ1v) is 9.12. The summed E-state index contributed by atoms with van der Waals surface area (Å²) in [5.74, 6) is 0.935. The predicted octanol–water partition coefficient (Wildman–Crippen LogP) is 0.362. The monoisotopic (exact) mass is 290 g/mol. The van der Waals surface area contributed by atoms with Gasteiger partial charge in [-0.3, -0.25) is 0 Å². The van der Waals surface area contributed by atoms with Crippen molar-refractivity contribution in [2.24, 2.45) is 11.8 Å². The molecule has 5 nitrogen and oxygen atoms in total. The van der Waals surface area contributed by atoms with Gasteiger partial charge in [0.15, 0.2) is 0 Å². The zero-order chi connectivity index (χ0) is 13.9. The molecular formula is C13H26N2O3S. The molecule has 6 heteroatoms. The van der Waals surface area contributed by atoms with Gasteiger partial charge in [0.2, 0.25) is 10.0 Å². The second kappa shape index (κ2) is 6.52. The summed E-state index contributed by atoms with van der Waals surface area (Å²) in [7, 11) is -3.03. The Labute approximate surface area is 116 Å². The molecule has 0 saturated carbocycles. The van der Waals surface area contributed by atoms with Gasteiger partial charge in [-0.2, -0.15) is 0 Å². The van der Waals surface area contributed by atoms with Crippen LogP contribution < -0.4 is 0 Å². The Kier molecular flexibility index (Phi) is 5.22. The van der Waals surface area contributed by atoms with Gasteiger partial charge in [-0.15, -0.1) is 0 Å². The van der Waals surface area contributed by atoms with Crippen molar-refractivity contribution in [2.75, 3.05) is 45.6 Å². The van der Waals surface area contributed by atoms with Crippen LogP contribution in [0.25, 0.3) is 0 Å². The number of piperidine rings is 2. The highest BCUT2D eigenvalue weighted by Gasteiger charge is 2.28. The number of hydrogen-bond acceptors (Lipinski definition) is 4. The molecule has 2 saturated heterocycles. The Morgan fingerprint density at radius 2 is 1.79 bits per heavy atom. The number of hydrogen-bond donors (Lipinski definition) is 1. The summed E-state index contributed by atoms with van der Waals surface area (Å²) in [5, 5.41) is 9.13. The maximum absolute atomic E-state index is 11.6. The van der Waals surface area contributed by atoms with E-state index in [2.05, 4.69) is 4.90 Å². The van der Waals surface area contributed by atoms with Crippen molar-refractivity contribution in [3.8, 4) is 0 Å². The van der Waals surface area contributed by atoms with Crippen molar-refractivity contribution >= 4 is 10.0 Å². The summed E-state index contributed by atoms with van der Waals surface area (Å²) in [6.07, 6.45) is 5.55. The van der Waals surface area contributed by atoms with Gasteiger partial charge in [0.05, 0.1) is 6.26 Å². The summed E-state index contributed by atoms with van der Waals surface area (Å²) in [6, 6.07) is 0. The van der Waals surface area contributed by atoms with Crippen LogP contribution in [0.15, 0.2) is 0 Å². The van der Waals surface area contributed by atoms with Crippen LogP contribution in [-0.2, 0) is 10.0 Å². The van der Waals surface area contributed by atoms with Gasteiger partial charge in [0.25, 0.3) is 0 Å². The molecule has 0 aromatic rings. The molecule has 0 spiro atoms. The van der Waals surface area contributed by atoms with Gasteiger partial charge in [0, 0.05) is 26.2 Å². The standard InChI is InChI=1S/C13H26N2O3S/c1-19(17,18)15-6-2-3-13(10-15)9-14-7-4-12(11-16)5-8-14/h12-13,16H,2-11H2,1H3. The second-order valence-corrected chi connectivity index (χ2v) is 8.04. The van der Waals surface area contributed by atoms with Crippen molar-refractivity contribution in [3.05, 3.63) is 0 Å². The molecule has 2 rings (SSSR count). The Morgan fingerprint density at radius 3 is 2.37 bits per heavy atom. The average molecular weight is 290 g/mol. The number of aliphatic hydroxyl groups is 1. The SMILES string of the molecule is CS(=O)(=O)N1CCCC(CN2CCC(CO)CC2)C1. The molecule has 0 bridgehead atoms. The third kappa shape index (κ3) is 4.41. The third-order valence-electron chi connectivity index (χ3n) is 4.43. The minimum atomic E-state index is -3.03. The zero-order valence-corrected chi connectivity index (χ0v) is 12.6. The molecule has 0 amide bonds. The Bertz CT molecular complexity index is 377. The Hall–Kier alpha value is -0.170.